The fourth-order valence-corrected chi connectivity index (χ4v) is 3.40. The third-order valence-electron chi connectivity index (χ3n) is 4.76. The number of benzene rings is 1. The van der Waals surface area contributed by atoms with E-state index < -0.39 is 0 Å². The molecule has 2 N–H and O–H groups in total. The number of nitrogens with zero attached hydrogens (tertiary/aromatic N) is 2. The minimum atomic E-state index is 0.159. The molecule has 3 nitrogen and oxygen atoms in total. The zero-order chi connectivity index (χ0) is 15.4. The lowest BCUT2D eigenvalue weighted by Crippen LogP contribution is -2.54. The van der Waals surface area contributed by atoms with Crippen LogP contribution >= 0.6 is 11.6 Å². The smallest absolute Gasteiger partial charge is 0.0500 e. The summed E-state index contributed by atoms with van der Waals surface area (Å²) in [6.07, 6.45) is 2.16. The van der Waals surface area contributed by atoms with Gasteiger partial charge in [-0.1, -0.05) is 37.6 Å². The van der Waals surface area contributed by atoms with Gasteiger partial charge in [0.05, 0.1) is 0 Å². The van der Waals surface area contributed by atoms with Crippen molar-refractivity contribution in [2.24, 2.45) is 5.73 Å². The van der Waals surface area contributed by atoms with Gasteiger partial charge in [0, 0.05) is 42.8 Å². The Morgan fingerprint density at radius 2 is 1.90 bits per heavy atom. The Morgan fingerprint density at radius 3 is 2.48 bits per heavy atom. The first-order valence-electron chi connectivity index (χ1n) is 8.02. The molecular formula is C17H28ClN3. The Kier molecular flexibility index (Phi) is 6.06. The SMILES string of the molecule is CCC(N)C(c1ccc(Cl)cc1)N1CCN(C)C(CC)C1. The summed E-state index contributed by atoms with van der Waals surface area (Å²) < 4.78 is 0. The van der Waals surface area contributed by atoms with E-state index >= 15 is 0 Å². The highest BCUT2D eigenvalue weighted by Gasteiger charge is 2.31. The number of halogens is 1. The van der Waals surface area contributed by atoms with E-state index in [1.54, 1.807) is 0 Å². The van der Waals surface area contributed by atoms with E-state index in [9.17, 15) is 0 Å². The third-order valence-corrected chi connectivity index (χ3v) is 5.01. The fourth-order valence-electron chi connectivity index (χ4n) is 3.28. The molecule has 0 radical (unpaired) electrons. The molecule has 4 heteroatoms. The van der Waals surface area contributed by atoms with Gasteiger partial charge in [-0.3, -0.25) is 4.90 Å². The molecule has 118 valence electrons. The Morgan fingerprint density at radius 1 is 1.24 bits per heavy atom. The Bertz CT molecular complexity index is 434. The molecule has 21 heavy (non-hydrogen) atoms. The Balaban J connectivity index is 2.22. The molecule has 0 aliphatic carbocycles. The van der Waals surface area contributed by atoms with Gasteiger partial charge in [-0.15, -0.1) is 0 Å². The average molecular weight is 310 g/mol. The highest BCUT2D eigenvalue weighted by atomic mass is 35.5. The normalized spacial score (nSPS) is 24.0. The van der Waals surface area contributed by atoms with Gasteiger partial charge < -0.3 is 10.6 Å². The number of nitrogens with two attached hydrogens (primary N) is 1. The van der Waals surface area contributed by atoms with Crippen LogP contribution in [-0.2, 0) is 0 Å². The molecule has 3 atom stereocenters. The number of piperazine rings is 1. The van der Waals surface area contributed by atoms with Crippen LogP contribution in [0.2, 0.25) is 5.02 Å². The average Bonchev–Trinajstić information content (AvgIpc) is 2.50. The van der Waals surface area contributed by atoms with Crippen LogP contribution in [0.25, 0.3) is 0 Å². The van der Waals surface area contributed by atoms with Crippen LogP contribution < -0.4 is 5.73 Å². The van der Waals surface area contributed by atoms with Crippen molar-refractivity contribution in [1.29, 1.82) is 0 Å². The van der Waals surface area contributed by atoms with Gasteiger partial charge in [0.2, 0.25) is 0 Å². The molecule has 2 rings (SSSR count). The predicted molar refractivity (Wildman–Crippen MR) is 90.7 cm³/mol. The largest absolute Gasteiger partial charge is 0.326 e. The van der Waals surface area contributed by atoms with Gasteiger partial charge in [0.25, 0.3) is 0 Å². The molecule has 0 aromatic heterocycles. The Labute approximate surface area is 134 Å². The van der Waals surface area contributed by atoms with Crippen molar-refractivity contribution >= 4 is 11.6 Å². The minimum Gasteiger partial charge on any atom is -0.326 e. The first-order valence-corrected chi connectivity index (χ1v) is 8.39. The van der Waals surface area contributed by atoms with E-state index in [0.29, 0.717) is 6.04 Å². The van der Waals surface area contributed by atoms with Crippen molar-refractivity contribution in [1.82, 2.24) is 9.80 Å². The van der Waals surface area contributed by atoms with E-state index in [-0.39, 0.29) is 12.1 Å². The number of likely N-dealkylation sites (N-methyl/N-ethyl adjacent to an activating group) is 1. The highest BCUT2D eigenvalue weighted by Crippen LogP contribution is 2.28. The Hall–Kier alpha value is -0.610. The first kappa shape index (κ1) is 16.8. The standard InChI is InChI=1S/C17H28ClN3/c1-4-15-12-21(11-10-20(15)3)17(16(19)5-2)13-6-8-14(18)9-7-13/h6-9,15-17H,4-5,10-12,19H2,1-3H3. The van der Waals surface area contributed by atoms with Crippen molar-refractivity contribution < 1.29 is 0 Å². The van der Waals surface area contributed by atoms with E-state index in [0.717, 1.165) is 31.1 Å². The predicted octanol–water partition coefficient (Wildman–Crippen LogP) is 3.14. The number of rotatable bonds is 5. The van der Waals surface area contributed by atoms with Crippen LogP contribution in [0.4, 0.5) is 0 Å². The second-order valence-corrected chi connectivity index (χ2v) is 6.54. The molecule has 1 aliphatic heterocycles. The molecule has 0 spiro atoms. The summed E-state index contributed by atoms with van der Waals surface area (Å²) >= 11 is 6.03. The van der Waals surface area contributed by atoms with E-state index in [4.69, 9.17) is 17.3 Å². The lowest BCUT2D eigenvalue weighted by Gasteiger charge is -2.44. The zero-order valence-electron chi connectivity index (χ0n) is 13.4. The zero-order valence-corrected chi connectivity index (χ0v) is 14.2. The molecule has 1 aliphatic rings. The van der Waals surface area contributed by atoms with Gasteiger partial charge in [-0.25, -0.2) is 0 Å². The van der Waals surface area contributed by atoms with E-state index in [1.165, 1.54) is 12.0 Å². The van der Waals surface area contributed by atoms with Gasteiger partial charge in [-0.2, -0.15) is 0 Å². The van der Waals surface area contributed by atoms with Crippen LogP contribution in [0.15, 0.2) is 24.3 Å². The van der Waals surface area contributed by atoms with Crippen LogP contribution in [0, 0.1) is 0 Å². The molecule has 0 bridgehead atoms. The molecule has 1 fully saturated rings. The maximum Gasteiger partial charge on any atom is 0.0500 e. The van der Waals surface area contributed by atoms with E-state index in [1.807, 2.05) is 12.1 Å². The molecule has 3 unspecified atom stereocenters. The topological polar surface area (TPSA) is 32.5 Å². The fraction of sp³-hybridized carbons (Fsp3) is 0.647. The highest BCUT2D eigenvalue weighted by molar-refractivity contribution is 6.30. The van der Waals surface area contributed by atoms with Crippen molar-refractivity contribution in [2.45, 2.75) is 44.8 Å². The molecule has 1 heterocycles. The maximum atomic E-state index is 6.45. The van der Waals surface area contributed by atoms with E-state index in [2.05, 4.69) is 42.8 Å². The van der Waals surface area contributed by atoms with Crippen LogP contribution in [-0.4, -0.2) is 48.6 Å². The number of hydrogen-bond acceptors (Lipinski definition) is 3. The van der Waals surface area contributed by atoms with Crippen molar-refractivity contribution in [2.75, 3.05) is 26.7 Å². The van der Waals surface area contributed by atoms with Crippen molar-refractivity contribution in [3.8, 4) is 0 Å². The lowest BCUT2D eigenvalue weighted by atomic mass is 9.94. The van der Waals surface area contributed by atoms with Crippen LogP contribution in [0.3, 0.4) is 0 Å². The number of hydrogen-bond donors (Lipinski definition) is 1. The monoisotopic (exact) mass is 309 g/mol. The second kappa shape index (κ2) is 7.59. The summed E-state index contributed by atoms with van der Waals surface area (Å²) in [5.41, 5.74) is 7.74. The van der Waals surface area contributed by atoms with Crippen LogP contribution in [0.5, 0.6) is 0 Å². The second-order valence-electron chi connectivity index (χ2n) is 6.11. The molecule has 0 amide bonds. The van der Waals surface area contributed by atoms with Crippen molar-refractivity contribution in [3.05, 3.63) is 34.9 Å². The van der Waals surface area contributed by atoms with Gasteiger partial charge in [-0.05, 0) is 37.6 Å². The van der Waals surface area contributed by atoms with Gasteiger partial charge in [0.1, 0.15) is 0 Å². The lowest BCUT2D eigenvalue weighted by molar-refractivity contribution is 0.0524. The summed E-state index contributed by atoms with van der Waals surface area (Å²) in [5.74, 6) is 0. The quantitative estimate of drug-likeness (QED) is 0.907. The summed E-state index contributed by atoms with van der Waals surface area (Å²) in [6, 6.07) is 9.27. The first-order chi connectivity index (χ1) is 10.1. The summed E-state index contributed by atoms with van der Waals surface area (Å²) in [4.78, 5) is 5.03. The molecule has 1 aromatic carbocycles. The van der Waals surface area contributed by atoms with Gasteiger partial charge >= 0.3 is 0 Å². The molecule has 0 saturated carbocycles. The maximum absolute atomic E-state index is 6.45. The minimum absolute atomic E-state index is 0.159. The molecule has 1 saturated heterocycles. The summed E-state index contributed by atoms with van der Waals surface area (Å²) in [6.45, 7) is 7.71. The van der Waals surface area contributed by atoms with Crippen LogP contribution in [0.1, 0.15) is 38.3 Å². The summed E-state index contributed by atoms with van der Waals surface area (Å²) in [5, 5.41) is 0.785. The van der Waals surface area contributed by atoms with Gasteiger partial charge in [0.15, 0.2) is 0 Å². The molecular weight excluding hydrogens is 282 g/mol. The summed E-state index contributed by atoms with van der Waals surface area (Å²) in [7, 11) is 2.22. The van der Waals surface area contributed by atoms with Crippen molar-refractivity contribution in [3.63, 3.8) is 0 Å². The third kappa shape index (κ3) is 3.98. The molecule has 1 aromatic rings.